The Morgan fingerprint density at radius 1 is 1.31 bits per heavy atom. The zero-order valence-corrected chi connectivity index (χ0v) is 17.7. The summed E-state index contributed by atoms with van der Waals surface area (Å²) >= 11 is 6.75. The zero-order chi connectivity index (χ0) is 21.0. The molecule has 1 amide bonds. The third kappa shape index (κ3) is 4.54. The van der Waals surface area contributed by atoms with Crippen molar-refractivity contribution >= 4 is 40.5 Å². The van der Waals surface area contributed by atoms with Gasteiger partial charge in [0.05, 0.1) is 16.5 Å². The minimum atomic E-state index is -0.561. The number of fused-ring (bicyclic) bond motifs is 1. The van der Waals surface area contributed by atoms with Crippen LogP contribution in [0.15, 0.2) is 29.8 Å². The van der Waals surface area contributed by atoms with Crippen LogP contribution in [0.5, 0.6) is 5.75 Å². The van der Waals surface area contributed by atoms with Gasteiger partial charge in [0.1, 0.15) is 28.5 Å². The van der Waals surface area contributed by atoms with Crippen molar-refractivity contribution in [3.05, 3.63) is 55.9 Å². The number of methoxy groups -OCH3 is 1. The average Bonchev–Trinajstić information content (AvgIpc) is 2.73. The Balaban J connectivity index is 1.92. The first-order valence-corrected chi connectivity index (χ1v) is 10.4. The summed E-state index contributed by atoms with van der Waals surface area (Å²) in [4.78, 5) is 12.7. The predicted molar refractivity (Wildman–Crippen MR) is 116 cm³/mol. The molecule has 1 aliphatic rings. The molecule has 0 spiro atoms. The minimum absolute atomic E-state index is 0.0523. The summed E-state index contributed by atoms with van der Waals surface area (Å²) in [5, 5.41) is 22.3. The summed E-state index contributed by atoms with van der Waals surface area (Å²) in [5.41, 5.74) is 3.09. The monoisotopic (exact) mass is 421 g/mol. The highest BCUT2D eigenvalue weighted by atomic mass is 32.1. The largest absolute Gasteiger partial charge is 0.497 e. The maximum atomic E-state index is 12.7. The molecule has 5 nitrogen and oxygen atoms in total. The number of hydrogen-bond acceptors (Lipinski definition) is 6. The van der Waals surface area contributed by atoms with Gasteiger partial charge in [-0.1, -0.05) is 31.3 Å². The molecule has 0 bridgehead atoms. The van der Waals surface area contributed by atoms with Crippen LogP contribution in [0.3, 0.4) is 0 Å². The smallest absolute Gasteiger partial charge is 0.266 e. The minimum Gasteiger partial charge on any atom is -0.497 e. The van der Waals surface area contributed by atoms with E-state index in [1.807, 2.05) is 6.07 Å². The van der Waals surface area contributed by atoms with Crippen molar-refractivity contribution < 1.29 is 9.53 Å². The van der Waals surface area contributed by atoms with E-state index >= 15 is 0 Å². The van der Waals surface area contributed by atoms with E-state index in [0.717, 1.165) is 30.4 Å². The highest BCUT2D eigenvalue weighted by molar-refractivity contribution is 7.73. The van der Waals surface area contributed by atoms with Gasteiger partial charge < -0.3 is 10.1 Å². The standard InChI is InChI=1S/C22H19N3O2S2/c1-13-3-8-17-18(9-13)22(28)29-21(19(17)12-24)25-20(26)15(11-23)10-14-4-6-16(27-2)7-5-14/h4-7,10,13H,3,8-9H2,1-2H3,(H,25,26)/b15-10+. The first-order valence-electron chi connectivity index (χ1n) is 9.13. The number of nitriles is 2. The molecule has 2 aromatic rings. The summed E-state index contributed by atoms with van der Waals surface area (Å²) in [7, 11) is 1.57. The second-order valence-electron chi connectivity index (χ2n) is 6.91. The van der Waals surface area contributed by atoms with Crippen LogP contribution in [-0.2, 0) is 17.6 Å². The molecule has 1 unspecified atom stereocenters. The fraction of sp³-hybridized carbons (Fsp3) is 0.273. The summed E-state index contributed by atoms with van der Waals surface area (Å²) in [6, 6.07) is 11.2. The molecule has 1 atom stereocenters. The quantitative estimate of drug-likeness (QED) is 0.425. The molecule has 1 heterocycles. The van der Waals surface area contributed by atoms with Crippen LogP contribution < -0.4 is 10.1 Å². The number of nitrogens with one attached hydrogen (secondary N) is 1. The van der Waals surface area contributed by atoms with Crippen molar-refractivity contribution in [1.82, 2.24) is 0 Å². The number of anilines is 1. The Morgan fingerprint density at radius 2 is 2.03 bits per heavy atom. The van der Waals surface area contributed by atoms with E-state index in [4.69, 9.17) is 17.0 Å². The molecule has 0 fully saturated rings. The van der Waals surface area contributed by atoms with Gasteiger partial charge in [0.25, 0.3) is 5.91 Å². The molecule has 0 saturated carbocycles. The molecule has 3 rings (SSSR count). The van der Waals surface area contributed by atoms with E-state index in [-0.39, 0.29) is 5.57 Å². The number of hydrogen-bond donors (Lipinski definition) is 1. The predicted octanol–water partition coefficient (Wildman–Crippen LogP) is 5.03. The molecule has 146 valence electrons. The SMILES string of the molecule is COc1ccc(/C=C(\C#N)C(=O)Nc2sc(=S)c3c(c2C#N)CCC(C)C3)cc1. The molecule has 1 aliphatic carbocycles. The number of benzene rings is 1. The molecule has 1 aromatic carbocycles. The Hall–Kier alpha value is -3.00. The Bertz CT molecular complexity index is 1120. The summed E-state index contributed by atoms with van der Waals surface area (Å²) in [6.07, 6.45) is 4.11. The maximum Gasteiger partial charge on any atom is 0.266 e. The number of rotatable bonds is 4. The Morgan fingerprint density at radius 3 is 2.66 bits per heavy atom. The Labute approximate surface area is 178 Å². The van der Waals surface area contributed by atoms with Crippen molar-refractivity contribution in [2.45, 2.75) is 26.2 Å². The first-order chi connectivity index (χ1) is 14.0. The first kappa shape index (κ1) is 20.7. The third-order valence-electron chi connectivity index (χ3n) is 4.90. The van der Waals surface area contributed by atoms with Gasteiger partial charge in [0.15, 0.2) is 0 Å². The average molecular weight is 422 g/mol. The van der Waals surface area contributed by atoms with E-state index in [2.05, 4.69) is 18.3 Å². The van der Waals surface area contributed by atoms with Crippen molar-refractivity contribution in [2.75, 3.05) is 12.4 Å². The van der Waals surface area contributed by atoms with Crippen LogP contribution in [-0.4, -0.2) is 13.0 Å². The lowest BCUT2D eigenvalue weighted by Crippen LogP contribution is -2.17. The lowest BCUT2D eigenvalue weighted by atomic mass is 9.85. The van der Waals surface area contributed by atoms with Crippen molar-refractivity contribution in [1.29, 1.82) is 10.5 Å². The van der Waals surface area contributed by atoms with E-state index in [1.165, 1.54) is 17.4 Å². The van der Waals surface area contributed by atoms with Crippen LogP contribution in [0, 0.1) is 32.4 Å². The third-order valence-corrected chi connectivity index (χ3v) is 6.34. The van der Waals surface area contributed by atoms with Gasteiger partial charge in [-0.15, -0.1) is 11.3 Å². The highest BCUT2D eigenvalue weighted by Gasteiger charge is 2.23. The van der Waals surface area contributed by atoms with E-state index < -0.39 is 5.91 Å². The van der Waals surface area contributed by atoms with Gasteiger partial charge in [-0.05, 0) is 60.1 Å². The molecule has 0 aliphatic heterocycles. The van der Waals surface area contributed by atoms with Crippen LogP contribution in [0.2, 0.25) is 0 Å². The van der Waals surface area contributed by atoms with E-state index in [9.17, 15) is 15.3 Å². The summed E-state index contributed by atoms with van der Waals surface area (Å²) < 4.78 is 5.80. The van der Waals surface area contributed by atoms with Crippen molar-refractivity contribution in [3.8, 4) is 17.9 Å². The molecular weight excluding hydrogens is 402 g/mol. The number of nitrogens with zero attached hydrogens (tertiary/aromatic N) is 2. The lowest BCUT2D eigenvalue weighted by Gasteiger charge is -2.23. The zero-order valence-electron chi connectivity index (χ0n) is 16.1. The lowest BCUT2D eigenvalue weighted by molar-refractivity contribution is -0.112. The van der Waals surface area contributed by atoms with Crippen LogP contribution in [0.1, 0.15) is 35.6 Å². The van der Waals surface area contributed by atoms with Gasteiger partial charge in [-0.2, -0.15) is 10.5 Å². The Kier molecular flexibility index (Phi) is 6.43. The summed E-state index contributed by atoms with van der Waals surface area (Å²) in [5.74, 6) is 0.655. The fourth-order valence-corrected chi connectivity index (χ4v) is 4.72. The fourth-order valence-electron chi connectivity index (χ4n) is 3.33. The van der Waals surface area contributed by atoms with Crippen molar-refractivity contribution in [3.63, 3.8) is 0 Å². The number of carbonyl (C=O) groups excluding carboxylic acids is 1. The molecule has 0 radical (unpaired) electrons. The normalized spacial score (nSPS) is 15.6. The highest BCUT2D eigenvalue weighted by Crippen LogP contribution is 2.36. The van der Waals surface area contributed by atoms with Crippen LogP contribution >= 0.6 is 23.6 Å². The van der Waals surface area contributed by atoms with Gasteiger partial charge in [0.2, 0.25) is 0 Å². The molecule has 1 aromatic heterocycles. The summed E-state index contributed by atoms with van der Waals surface area (Å²) in [6.45, 7) is 2.17. The number of amides is 1. The topological polar surface area (TPSA) is 85.9 Å². The molecular formula is C22H19N3O2S2. The maximum absolute atomic E-state index is 12.7. The van der Waals surface area contributed by atoms with E-state index in [0.29, 0.717) is 31.6 Å². The van der Waals surface area contributed by atoms with Crippen LogP contribution in [0.4, 0.5) is 5.00 Å². The van der Waals surface area contributed by atoms with Gasteiger partial charge in [-0.3, -0.25) is 4.79 Å². The second kappa shape index (κ2) is 9.00. The second-order valence-corrected chi connectivity index (χ2v) is 8.59. The molecule has 1 N–H and O–H groups in total. The molecule has 7 heteroatoms. The number of carbonyl (C=O) groups is 1. The van der Waals surface area contributed by atoms with Gasteiger partial charge in [-0.25, -0.2) is 0 Å². The van der Waals surface area contributed by atoms with Gasteiger partial charge >= 0.3 is 0 Å². The molecule has 29 heavy (non-hydrogen) atoms. The number of ether oxygens (including phenoxy) is 1. The van der Waals surface area contributed by atoms with E-state index in [1.54, 1.807) is 31.4 Å². The molecule has 0 saturated heterocycles. The van der Waals surface area contributed by atoms with Crippen LogP contribution in [0.25, 0.3) is 6.08 Å². The van der Waals surface area contributed by atoms with Gasteiger partial charge in [0, 0.05) is 0 Å². The van der Waals surface area contributed by atoms with Crippen molar-refractivity contribution in [2.24, 2.45) is 5.92 Å².